The van der Waals surface area contributed by atoms with Crippen LogP contribution >= 0.6 is 0 Å². The molecule has 0 spiro atoms. The zero-order valence-electron chi connectivity index (χ0n) is 13.4. The average Bonchev–Trinajstić information content (AvgIpc) is 3.38. The fourth-order valence-corrected chi connectivity index (χ4v) is 3.85. The van der Waals surface area contributed by atoms with Gasteiger partial charge in [0.05, 0.1) is 19.3 Å². The van der Waals surface area contributed by atoms with Crippen LogP contribution in [0.15, 0.2) is 54.6 Å². The third kappa shape index (κ3) is 2.19. The highest BCUT2D eigenvalue weighted by atomic mass is 16.6. The minimum absolute atomic E-state index is 0.195. The quantitative estimate of drug-likeness (QED) is 0.792. The lowest BCUT2D eigenvalue weighted by atomic mass is 9.72. The van der Waals surface area contributed by atoms with Crippen LogP contribution < -0.4 is 4.90 Å². The highest BCUT2D eigenvalue weighted by Crippen LogP contribution is 2.49. The number of hydrogen-bond acceptors (Lipinski definition) is 2. The first-order chi connectivity index (χ1) is 11.3. The molecular weight excluding hydrogens is 286 g/mol. The predicted octanol–water partition coefficient (Wildman–Crippen LogP) is 3.52. The standard InChI is InChI=1S/C20H21NO2/c1-2-12-20(15-8-4-3-5-9-15)17-10-6-7-11-18(17)21(19(20)22)13-16-14-23-16/h3-11,16H,2,12-14H2,1H3. The molecule has 2 heterocycles. The SMILES string of the molecule is CCCC1(c2ccccc2)C(=O)N(CC2CO2)c2ccccc21. The Morgan fingerprint density at radius 3 is 2.52 bits per heavy atom. The number of anilines is 1. The van der Waals surface area contributed by atoms with Gasteiger partial charge in [-0.2, -0.15) is 0 Å². The monoisotopic (exact) mass is 307 g/mol. The van der Waals surface area contributed by atoms with Gasteiger partial charge >= 0.3 is 0 Å². The van der Waals surface area contributed by atoms with E-state index in [2.05, 4.69) is 31.2 Å². The van der Waals surface area contributed by atoms with Gasteiger partial charge in [0.15, 0.2) is 0 Å². The number of amides is 1. The Bertz CT molecular complexity index is 723. The molecule has 3 nitrogen and oxygen atoms in total. The Morgan fingerprint density at radius 1 is 1.13 bits per heavy atom. The number of para-hydroxylation sites is 1. The molecule has 0 bridgehead atoms. The second-order valence-electron chi connectivity index (χ2n) is 6.41. The molecule has 1 amide bonds. The maximum Gasteiger partial charge on any atom is 0.242 e. The molecule has 0 aliphatic carbocycles. The van der Waals surface area contributed by atoms with E-state index in [1.807, 2.05) is 35.2 Å². The zero-order valence-corrected chi connectivity index (χ0v) is 13.4. The van der Waals surface area contributed by atoms with Crippen LogP contribution in [-0.4, -0.2) is 25.2 Å². The molecule has 0 radical (unpaired) electrons. The van der Waals surface area contributed by atoms with Gasteiger partial charge in [-0.05, 0) is 23.6 Å². The first-order valence-corrected chi connectivity index (χ1v) is 8.36. The van der Waals surface area contributed by atoms with Gasteiger partial charge < -0.3 is 9.64 Å². The van der Waals surface area contributed by atoms with Crippen molar-refractivity contribution in [1.82, 2.24) is 0 Å². The largest absolute Gasteiger partial charge is 0.371 e. The Labute approximate surface area is 136 Å². The molecule has 2 aliphatic heterocycles. The summed E-state index contributed by atoms with van der Waals surface area (Å²) in [6, 6.07) is 18.5. The molecule has 0 aromatic heterocycles. The second-order valence-corrected chi connectivity index (χ2v) is 6.41. The lowest BCUT2D eigenvalue weighted by Gasteiger charge is -2.29. The van der Waals surface area contributed by atoms with Gasteiger partial charge in [-0.3, -0.25) is 4.79 Å². The summed E-state index contributed by atoms with van der Waals surface area (Å²) in [6.45, 7) is 3.57. The number of benzene rings is 2. The van der Waals surface area contributed by atoms with Gasteiger partial charge in [-0.1, -0.05) is 61.9 Å². The van der Waals surface area contributed by atoms with Crippen LogP contribution in [0.3, 0.4) is 0 Å². The van der Waals surface area contributed by atoms with Gasteiger partial charge in [0, 0.05) is 5.69 Å². The number of epoxide rings is 1. The van der Waals surface area contributed by atoms with Crippen LogP contribution in [0.1, 0.15) is 30.9 Å². The number of carbonyl (C=O) groups is 1. The minimum atomic E-state index is -0.554. The maximum atomic E-state index is 13.5. The van der Waals surface area contributed by atoms with Crippen molar-refractivity contribution >= 4 is 11.6 Å². The van der Waals surface area contributed by atoms with E-state index in [1.165, 1.54) is 0 Å². The maximum absolute atomic E-state index is 13.5. The number of fused-ring (bicyclic) bond motifs is 1. The molecule has 2 atom stereocenters. The molecule has 0 saturated carbocycles. The number of carbonyl (C=O) groups excluding carboxylic acids is 1. The molecule has 4 rings (SSSR count). The molecule has 23 heavy (non-hydrogen) atoms. The zero-order chi connectivity index (χ0) is 15.9. The summed E-state index contributed by atoms with van der Waals surface area (Å²) in [5, 5.41) is 0. The van der Waals surface area contributed by atoms with E-state index < -0.39 is 5.41 Å². The van der Waals surface area contributed by atoms with Crippen LogP contribution in [-0.2, 0) is 14.9 Å². The van der Waals surface area contributed by atoms with Gasteiger partial charge in [-0.25, -0.2) is 0 Å². The van der Waals surface area contributed by atoms with Crippen LogP contribution in [0.2, 0.25) is 0 Å². The lowest BCUT2D eigenvalue weighted by molar-refractivity contribution is -0.122. The number of hydrogen-bond donors (Lipinski definition) is 0. The average molecular weight is 307 g/mol. The Hall–Kier alpha value is -2.13. The van der Waals surface area contributed by atoms with Gasteiger partial charge in [0.1, 0.15) is 5.41 Å². The summed E-state index contributed by atoms with van der Waals surface area (Å²) in [4.78, 5) is 15.4. The number of ether oxygens (including phenoxy) is 1. The van der Waals surface area contributed by atoms with Crippen molar-refractivity contribution in [3.8, 4) is 0 Å². The first-order valence-electron chi connectivity index (χ1n) is 8.36. The summed E-state index contributed by atoms with van der Waals surface area (Å²) in [5.41, 5.74) is 2.73. The smallest absolute Gasteiger partial charge is 0.242 e. The second kappa shape index (κ2) is 5.50. The lowest BCUT2D eigenvalue weighted by Crippen LogP contribution is -2.42. The van der Waals surface area contributed by atoms with Crippen molar-refractivity contribution < 1.29 is 9.53 Å². The van der Waals surface area contributed by atoms with E-state index in [0.29, 0.717) is 6.54 Å². The first kappa shape index (κ1) is 14.5. The van der Waals surface area contributed by atoms with Crippen LogP contribution in [0.5, 0.6) is 0 Å². The molecule has 3 heteroatoms. The van der Waals surface area contributed by atoms with E-state index in [4.69, 9.17) is 4.74 Å². The van der Waals surface area contributed by atoms with Crippen molar-refractivity contribution in [1.29, 1.82) is 0 Å². The molecule has 1 saturated heterocycles. The Morgan fingerprint density at radius 2 is 1.83 bits per heavy atom. The van der Waals surface area contributed by atoms with E-state index in [1.54, 1.807) is 0 Å². The van der Waals surface area contributed by atoms with E-state index in [-0.39, 0.29) is 12.0 Å². The molecule has 2 aliphatic rings. The molecule has 118 valence electrons. The molecule has 2 aromatic carbocycles. The van der Waals surface area contributed by atoms with Crippen molar-refractivity contribution in [3.63, 3.8) is 0 Å². The third-order valence-corrected chi connectivity index (χ3v) is 4.95. The molecule has 2 unspecified atom stereocenters. The van der Waals surface area contributed by atoms with Crippen LogP contribution in [0.4, 0.5) is 5.69 Å². The van der Waals surface area contributed by atoms with Gasteiger partial charge in [0.2, 0.25) is 5.91 Å². The topological polar surface area (TPSA) is 32.8 Å². The number of nitrogens with zero attached hydrogens (tertiary/aromatic N) is 1. The molecule has 0 N–H and O–H groups in total. The van der Waals surface area contributed by atoms with Crippen molar-refractivity contribution in [2.24, 2.45) is 0 Å². The van der Waals surface area contributed by atoms with Crippen molar-refractivity contribution in [2.45, 2.75) is 31.3 Å². The number of rotatable bonds is 5. The van der Waals surface area contributed by atoms with Crippen molar-refractivity contribution in [3.05, 3.63) is 65.7 Å². The highest BCUT2D eigenvalue weighted by molar-refractivity contribution is 6.10. The summed E-state index contributed by atoms with van der Waals surface area (Å²) in [6.07, 6.45) is 1.98. The van der Waals surface area contributed by atoms with Gasteiger partial charge in [-0.15, -0.1) is 0 Å². The van der Waals surface area contributed by atoms with Crippen LogP contribution in [0.25, 0.3) is 0 Å². The summed E-state index contributed by atoms with van der Waals surface area (Å²) < 4.78 is 5.37. The fraction of sp³-hybridized carbons (Fsp3) is 0.350. The van der Waals surface area contributed by atoms with E-state index in [0.717, 1.165) is 36.3 Å². The van der Waals surface area contributed by atoms with E-state index >= 15 is 0 Å². The summed E-state index contributed by atoms with van der Waals surface area (Å²) in [5.74, 6) is 0.197. The molecule has 1 fully saturated rings. The third-order valence-electron chi connectivity index (χ3n) is 4.95. The van der Waals surface area contributed by atoms with Crippen molar-refractivity contribution in [2.75, 3.05) is 18.1 Å². The Kier molecular flexibility index (Phi) is 3.46. The Balaban J connectivity index is 1.89. The van der Waals surface area contributed by atoms with Crippen LogP contribution in [0, 0.1) is 0 Å². The molecule has 2 aromatic rings. The summed E-state index contributed by atoms with van der Waals surface area (Å²) >= 11 is 0. The fourth-order valence-electron chi connectivity index (χ4n) is 3.85. The highest BCUT2D eigenvalue weighted by Gasteiger charge is 2.52. The van der Waals surface area contributed by atoms with Gasteiger partial charge in [0.25, 0.3) is 0 Å². The minimum Gasteiger partial charge on any atom is -0.371 e. The normalized spacial score (nSPS) is 25.5. The summed E-state index contributed by atoms with van der Waals surface area (Å²) in [7, 11) is 0. The molecular formula is C20H21NO2. The predicted molar refractivity (Wildman–Crippen MR) is 90.7 cm³/mol. The van der Waals surface area contributed by atoms with E-state index in [9.17, 15) is 4.79 Å².